The fourth-order valence-corrected chi connectivity index (χ4v) is 9.83. The lowest BCUT2D eigenvalue weighted by Crippen LogP contribution is -2.29. The minimum absolute atomic E-state index is 0.0410. The topological polar surface area (TPSA) is 134 Å². The predicted molar refractivity (Wildman–Crippen MR) is 376 cm³/mol. The smallest absolute Gasteiger partial charge is 0.462 e. The minimum Gasteiger partial charge on any atom is -0.462 e. The van der Waals surface area contributed by atoms with E-state index in [0.717, 1.165) is 135 Å². The molecule has 0 heterocycles. The molecule has 0 bridgehead atoms. The van der Waals surface area contributed by atoms with E-state index in [1.165, 1.54) is 103 Å². The highest BCUT2D eigenvalue weighted by molar-refractivity contribution is 7.47. The number of phosphoric acid groups is 1. The van der Waals surface area contributed by atoms with Crippen LogP contribution in [0.4, 0.5) is 0 Å². The van der Waals surface area contributed by atoms with Crippen LogP contribution in [0.3, 0.4) is 0 Å². The van der Waals surface area contributed by atoms with Crippen molar-refractivity contribution in [2.75, 3.05) is 26.4 Å². The van der Waals surface area contributed by atoms with Gasteiger partial charge in [-0.25, -0.2) is 4.57 Å². The van der Waals surface area contributed by atoms with Crippen molar-refractivity contribution in [2.45, 2.75) is 277 Å². The Balaban J connectivity index is 4.00. The number of rotatable bonds is 63. The number of nitrogens with two attached hydrogens (primary N) is 1. The van der Waals surface area contributed by atoms with Gasteiger partial charge in [0.2, 0.25) is 0 Å². The molecule has 9 nitrogen and oxygen atoms in total. The molecule has 0 aliphatic carbocycles. The Morgan fingerprint density at radius 1 is 0.345 bits per heavy atom. The van der Waals surface area contributed by atoms with Gasteiger partial charge < -0.3 is 20.1 Å². The van der Waals surface area contributed by atoms with Crippen molar-refractivity contribution in [2.24, 2.45) is 5.73 Å². The largest absolute Gasteiger partial charge is 0.472 e. The van der Waals surface area contributed by atoms with Crippen LogP contribution in [0.5, 0.6) is 0 Å². The molecule has 0 aliphatic heterocycles. The number of hydrogen-bond acceptors (Lipinski definition) is 8. The third-order valence-electron chi connectivity index (χ3n) is 14.1. The van der Waals surface area contributed by atoms with E-state index >= 15 is 0 Å². The number of unbranched alkanes of at least 4 members (excludes halogenated alkanes) is 22. The van der Waals surface area contributed by atoms with Crippen molar-refractivity contribution in [1.29, 1.82) is 0 Å². The Morgan fingerprint density at radius 2 is 0.598 bits per heavy atom. The first-order valence-corrected chi connectivity index (χ1v) is 36.1. The Morgan fingerprint density at radius 3 is 0.885 bits per heavy atom. The SMILES string of the molecule is CC/C=C\C/C=C\C/C=C\C/C=C\C/C=C\C/C=C\C/C=C\C/C=C\C/C=C\C/C=C\CCCCCCC(=O)OC(COC(=O)CCCCCCCCCCCCCCCCCCCC/C=C\C/C=C\C/C=C\C/C=C\CC)COP(=O)(O)OCCN. The van der Waals surface area contributed by atoms with Crippen LogP contribution in [0.2, 0.25) is 0 Å². The Bertz CT molecular complexity index is 2030. The number of esters is 2. The molecule has 87 heavy (non-hydrogen) atoms. The van der Waals surface area contributed by atoms with Gasteiger partial charge in [0, 0.05) is 19.4 Å². The first-order chi connectivity index (χ1) is 42.8. The molecule has 3 N–H and O–H groups in total. The van der Waals surface area contributed by atoms with E-state index in [-0.39, 0.29) is 32.6 Å². The van der Waals surface area contributed by atoms with Crippen LogP contribution >= 0.6 is 7.82 Å². The second kappa shape index (κ2) is 70.5. The fraction of sp³-hybridized carbons (Fsp3) is 0.610. The second-order valence-electron chi connectivity index (χ2n) is 22.3. The van der Waals surface area contributed by atoms with Crippen molar-refractivity contribution < 1.29 is 37.6 Å². The van der Waals surface area contributed by atoms with Gasteiger partial charge in [0.25, 0.3) is 0 Å². The summed E-state index contributed by atoms with van der Waals surface area (Å²) < 4.78 is 33.1. The molecule has 0 spiro atoms. The maximum atomic E-state index is 12.8. The van der Waals surface area contributed by atoms with Crippen LogP contribution < -0.4 is 5.73 Å². The fourth-order valence-electron chi connectivity index (χ4n) is 9.07. The van der Waals surface area contributed by atoms with E-state index < -0.39 is 32.5 Å². The summed E-state index contributed by atoms with van der Waals surface area (Å²) in [6, 6.07) is 0. The van der Waals surface area contributed by atoms with Crippen molar-refractivity contribution in [3.63, 3.8) is 0 Å². The molecule has 0 aromatic carbocycles. The van der Waals surface area contributed by atoms with E-state index in [0.29, 0.717) is 6.42 Å². The molecule has 0 saturated carbocycles. The molecule has 10 heteroatoms. The lowest BCUT2D eigenvalue weighted by molar-refractivity contribution is -0.161. The molecular formula is C77H126NO8P. The second-order valence-corrected chi connectivity index (χ2v) is 23.7. The zero-order valence-electron chi connectivity index (χ0n) is 55.2. The van der Waals surface area contributed by atoms with Gasteiger partial charge in [0.15, 0.2) is 6.10 Å². The van der Waals surface area contributed by atoms with Crippen molar-refractivity contribution in [1.82, 2.24) is 0 Å². The average molecular weight is 1220 g/mol. The van der Waals surface area contributed by atoms with Crippen molar-refractivity contribution in [3.05, 3.63) is 170 Å². The summed E-state index contributed by atoms with van der Waals surface area (Å²) in [4.78, 5) is 35.4. The number of carbonyl (C=O) groups is 2. The molecule has 0 aromatic rings. The molecular weight excluding hydrogens is 1100 g/mol. The quantitative estimate of drug-likeness (QED) is 0.0264. The van der Waals surface area contributed by atoms with Gasteiger partial charge >= 0.3 is 19.8 Å². The number of phosphoric ester groups is 1. The van der Waals surface area contributed by atoms with Crippen molar-refractivity contribution in [3.8, 4) is 0 Å². The average Bonchev–Trinajstić information content (AvgIpc) is 3.64. The molecule has 0 rings (SSSR count). The van der Waals surface area contributed by atoms with Crippen LogP contribution in [0.25, 0.3) is 0 Å². The number of allylic oxidation sites excluding steroid dienone is 28. The summed E-state index contributed by atoms with van der Waals surface area (Å²) in [5.74, 6) is -0.862. The lowest BCUT2D eigenvalue weighted by Gasteiger charge is -2.19. The van der Waals surface area contributed by atoms with E-state index in [4.69, 9.17) is 24.3 Å². The molecule has 2 unspecified atom stereocenters. The first kappa shape index (κ1) is 82.4. The molecule has 2 atom stereocenters. The molecule has 0 radical (unpaired) electrons. The van der Waals surface area contributed by atoms with Crippen LogP contribution in [0.1, 0.15) is 271 Å². The first-order valence-electron chi connectivity index (χ1n) is 34.6. The van der Waals surface area contributed by atoms with Crippen molar-refractivity contribution >= 4 is 19.8 Å². The normalized spacial score (nSPS) is 14.0. The maximum Gasteiger partial charge on any atom is 0.472 e. The number of ether oxygens (including phenoxy) is 2. The standard InChI is InChI=1S/C77H126NO8P/c1-3-5-7-9-11-13-15-17-19-21-23-25-27-29-31-33-35-36-37-38-40-42-44-46-48-50-52-54-56-58-60-62-64-66-68-70-77(80)86-75(74-85-87(81,82)84-72-71-78)73-83-76(79)69-67-65-63-61-59-57-55-53-51-49-47-45-43-41-39-34-32-30-28-26-24-22-20-18-16-14-12-10-8-6-4-2/h5-8,11-14,17-20,23-26,29,31,35-36,38,40,44,46,50,52,56,58,75H,3-4,9-10,15-16,21-22,27-28,30,32-34,37,39,41-43,45,47-49,51,53-55,57,59-74,78H2,1-2H3,(H,81,82)/b7-5-,8-6-,13-11-,14-12-,19-17-,20-18-,25-23-,26-24-,31-29-,36-35-,40-38-,46-44-,52-50-,58-56-. The van der Waals surface area contributed by atoms with Crippen LogP contribution in [0, 0.1) is 0 Å². The minimum atomic E-state index is -4.41. The highest BCUT2D eigenvalue weighted by Gasteiger charge is 2.26. The third-order valence-corrected chi connectivity index (χ3v) is 15.1. The summed E-state index contributed by atoms with van der Waals surface area (Å²) in [5.41, 5.74) is 5.40. The van der Waals surface area contributed by atoms with Gasteiger partial charge in [-0.3, -0.25) is 18.6 Å². The highest BCUT2D eigenvalue weighted by atomic mass is 31.2. The molecule has 0 aliphatic rings. The summed E-state index contributed by atoms with van der Waals surface area (Å²) in [5, 5.41) is 0. The van der Waals surface area contributed by atoms with E-state index in [1.54, 1.807) is 0 Å². The van der Waals surface area contributed by atoms with Gasteiger partial charge in [-0.05, 0) is 128 Å². The van der Waals surface area contributed by atoms with Gasteiger partial charge in [0.1, 0.15) is 6.61 Å². The zero-order valence-corrected chi connectivity index (χ0v) is 56.1. The summed E-state index contributed by atoms with van der Waals surface area (Å²) in [6.07, 6.45) is 104. The third kappa shape index (κ3) is 70.3. The lowest BCUT2D eigenvalue weighted by atomic mass is 10.0. The molecule has 492 valence electrons. The number of hydrogen-bond donors (Lipinski definition) is 2. The Labute approximate surface area is 533 Å². The summed E-state index contributed by atoms with van der Waals surface area (Å²) in [7, 11) is -4.41. The molecule has 0 aromatic heterocycles. The molecule has 0 fully saturated rings. The number of carbonyl (C=O) groups excluding carboxylic acids is 2. The Kier molecular flexibility index (Phi) is 66.7. The highest BCUT2D eigenvalue weighted by Crippen LogP contribution is 2.43. The van der Waals surface area contributed by atoms with E-state index in [2.05, 4.69) is 184 Å². The summed E-state index contributed by atoms with van der Waals surface area (Å²) in [6.45, 7) is 3.49. The molecule has 0 amide bonds. The molecule has 0 saturated heterocycles. The van der Waals surface area contributed by atoms with Crippen LogP contribution in [-0.2, 0) is 32.7 Å². The van der Waals surface area contributed by atoms with Gasteiger partial charge in [-0.1, -0.05) is 300 Å². The maximum absolute atomic E-state index is 12.8. The predicted octanol–water partition coefficient (Wildman–Crippen LogP) is 23.0. The monoisotopic (exact) mass is 1220 g/mol. The van der Waals surface area contributed by atoms with E-state index in [1.807, 2.05) is 0 Å². The zero-order chi connectivity index (χ0) is 63.0. The summed E-state index contributed by atoms with van der Waals surface area (Å²) >= 11 is 0. The van der Waals surface area contributed by atoms with E-state index in [9.17, 15) is 19.0 Å². The van der Waals surface area contributed by atoms with Crippen LogP contribution in [-0.4, -0.2) is 49.3 Å². The van der Waals surface area contributed by atoms with Gasteiger partial charge in [-0.15, -0.1) is 0 Å². The van der Waals surface area contributed by atoms with Gasteiger partial charge in [-0.2, -0.15) is 0 Å². The Hall–Kier alpha value is -4.63. The van der Waals surface area contributed by atoms with Gasteiger partial charge in [0.05, 0.1) is 13.2 Å². The van der Waals surface area contributed by atoms with Crippen LogP contribution in [0.15, 0.2) is 170 Å².